The molecule has 0 aliphatic heterocycles. The first-order valence-electron chi connectivity index (χ1n) is 7.92. The van der Waals surface area contributed by atoms with E-state index in [1.807, 2.05) is 54.6 Å². The van der Waals surface area contributed by atoms with E-state index in [1.165, 1.54) is 0 Å². The number of fused-ring (bicyclic) bond motifs is 1. The number of allylic oxidation sites excluding steroid dienone is 1. The molecule has 134 valence electrons. The number of benzene rings is 3. The van der Waals surface area contributed by atoms with Crippen molar-refractivity contribution in [3.63, 3.8) is 0 Å². The molecule has 3 rings (SSSR count). The third-order valence-corrected chi connectivity index (χ3v) is 5.07. The minimum Gasteiger partial charge on any atom is -0.480 e. The number of nitriles is 1. The largest absolute Gasteiger partial charge is 0.480 e. The zero-order valence-corrected chi connectivity index (χ0v) is 17.7. The molecule has 0 aromatic heterocycles. The Hall–Kier alpha value is -2.37. The fourth-order valence-corrected chi connectivity index (χ4v) is 4.33. The predicted octanol–water partition coefficient (Wildman–Crippen LogP) is 5.73. The van der Waals surface area contributed by atoms with Gasteiger partial charge in [0, 0.05) is 9.13 Å². The summed E-state index contributed by atoms with van der Waals surface area (Å²) < 4.78 is 7.00. The first kappa shape index (κ1) is 19.4. The number of carboxylic acids is 1. The molecule has 27 heavy (non-hydrogen) atoms. The molecule has 0 amide bonds. The maximum Gasteiger partial charge on any atom is 0.341 e. The van der Waals surface area contributed by atoms with E-state index in [0.717, 1.165) is 19.9 Å². The molecular weight excluding hydrogens is 521 g/mol. The van der Waals surface area contributed by atoms with Gasteiger partial charge in [-0.2, -0.15) is 5.26 Å². The summed E-state index contributed by atoms with van der Waals surface area (Å²) in [6, 6.07) is 19.7. The lowest BCUT2D eigenvalue weighted by atomic mass is 10.00. The molecule has 3 aromatic rings. The van der Waals surface area contributed by atoms with Gasteiger partial charge in [0.15, 0.2) is 6.61 Å². The molecular formula is C21H13BrINO3. The summed E-state index contributed by atoms with van der Waals surface area (Å²) in [5, 5.41) is 20.7. The van der Waals surface area contributed by atoms with Crippen LogP contribution in [0.2, 0.25) is 0 Å². The van der Waals surface area contributed by atoms with Gasteiger partial charge in [0.25, 0.3) is 0 Å². The van der Waals surface area contributed by atoms with E-state index in [4.69, 9.17) is 9.84 Å². The fourth-order valence-electron chi connectivity index (χ4n) is 2.67. The molecule has 0 saturated heterocycles. The molecule has 0 fully saturated rings. The van der Waals surface area contributed by atoms with Crippen LogP contribution in [-0.4, -0.2) is 17.7 Å². The Morgan fingerprint density at radius 2 is 1.93 bits per heavy atom. The van der Waals surface area contributed by atoms with E-state index < -0.39 is 12.6 Å². The van der Waals surface area contributed by atoms with Crippen LogP contribution in [-0.2, 0) is 4.79 Å². The molecule has 4 nitrogen and oxygen atoms in total. The Morgan fingerprint density at radius 3 is 2.63 bits per heavy atom. The molecule has 1 N–H and O–H groups in total. The van der Waals surface area contributed by atoms with E-state index >= 15 is 0 Å². The van der Waals surface area contributed by atoms with Crippen molar-refractivity contribution in [1.29, 1.82) is 5.26 Å². The number of nitrogens with zero attached hydrogens (tertiary/aromatic N) is 1. The van der Waals surface area contributed by atoms with Crippen LogP contribution in [0.4, 0.5) is 0 Å². The first-order valence-corrected chi connectivity index (χ1v) is 9.79. The lowest BCUT2D eigenvalue weighted by molar-refractivity contribution is -0.139. The highest BCUT2D eigenvalue weighted by Gasteiger charge is 2.12. The van der Waals surface area contributed by atoms with Crippen LogP contribution in [0.1, 0.15) is 11.1 Å². The van der Waals surface area contributed by atoms with Crippen LogP contribution in [0.5, 0.6) is 5.75 Å². The normalized spacial score (nSPS) is 11.2. The van der Waals surface area contributed by atoms with Gasteiger partial charge in [-0.3, -0.25) is 0 Å². The summed E-state index contributed by atoms with van der Waals surface area (Å²) >= 11 is 5.57. The van der Waals surface area contributed by atoms with Crippen molar-refractivity contribution in [2.75, 3.05) is 6.61 Å². The third kappa shape index (κ3) is 4.67. The molecule has 0 bridgehead atoms. The minimum atomic E-state index is -1.06. The highest BCUT2D eigenvalue weighted by atomic mass is 127. The van der Waals surface area contributed by atoms with Crippen LogP contribution < -0.4 is 4.74 Å². The van der Waals surface area contributed by atoms with Crippen LogP contribution in [0.3, 0.4) is 0 Å². The summed E-state index contributed by atoms with van der Waals surface area (Å²) in [5.41, 5.74) is 1.89. The van der Waals surface area contributed by atoms with Crippen LogP contribution in [0.15, 0.2) is 59.1 Å². The van der Waals surface area contributed by atoms with Gasteiger partial charge in [-0.25, -0.2) is 4.79 Å². The number of carbonyl (C=O) groups is 1. The average molecular weight is 534 g/mol. The SMILES string of the molecule is N#C/C(=C/c1cc(I)cc(Br)c1OCC(=O)O)c1ccc2ccccc2c1. The highest BCUT2D eigenvalue weighted by Crippen LogP contribution is 2.34. The summed E-state index contributed by atoms with van der Waals surface area (Å²) in [6.07, 6.45) is 1.72. The molecule has 0 radical (unpaired) electrons. The zero-order chi connectivity index (χ0) is 19.4. The predicted molar refractivity (Wildman–Crippen MR) is 117 cm³/mol. The van der Waals surface area contributed by atoms with E-state index in [9.17, 15) is 10.1 Å². The van der Waals surface area contributed by atoms with Gasteiger partial charge < -0.3 is 9.84 Å². The fraction of sp³-hybridized carbons (Fsp3) is 0.0476. The molecule has 3 aromatic carbocycles. The Morgan fingerprint density at radius 1 is 1.19 bits per heavy atom. The van der Waals surface area contributed by atoms with Crippen molar-refractivity contribution in [1.82, 2.24) is 0 Å². The van der Waals surface area contributed by atoms with E-state index in [-0.39, 0.29) is 0 Å². The van der Waals surface area contributed by atoms with Gasteiger partial charge in [0.2, 0.25) is 0 Å². The van der Waals surface area contributed by atoms with Crippen molar-refractivity contribution < 1.29 is 14.6 Å². The van der Waals surface area contributed by atoms with Gasteiger partial charge in [0.1, 0.15) is 5.75 Å². The second-order valence-electron chi connectivity index (χ2n) is 5.72. The number of carboxylic acid groups (broad SMARTS) is 1. The smallest absolute Gasteiger partial charge is 0.341 e. The summed E-state index contributed by atoms with van der Waals surface area (Å²) in [5.74, 6) is -0.670. The van der Waals surface area contributed by atoms with Gasteiger partial charge in [-0.15, -0.1) is 0 Å². The lowest BCUT2D eigenvalue weighted by Gasteiger charge is -2.11. The Kier molecular flexibility index (Phi) is 6.14. The number of hydrogen-bond acceptors (Lipinski definition) is 3. The number of halogens is 2. The van der Waals surface area contributed by atoms with Gasteiger partial charge in [-0.05, 0) is 79.1 Å². The monoisotopic (exact) mass is 533 g/mol. The number of ether oxygens (including phenoxy) is 1. The van der Waals surface area contributed by atoms with Crippen LogP contribution in [0.25, 0.3) is 22.4 Å². The summed E-state index contributed by atoms with van der Waals surface area (Å²) in [6.45, 7) is -0.460. The molecule has 0 aliphatic rings. The van der Waals surface area contributed by atoms with Gasteiger partial charge in [-0.1, -0.05) is 36.4 Å². The van der Waals surface area contributed by atoms with Crippen LogP contribution in [0, 0.1) is 14.9 Å². The van der Waals surface area contributed by atoms with Crippen molar-refractivity contribution in [2.45, 2.75) is 0 Å². The first-order chi connectivity index (χ1) is 13.0. The Bertz CT molecular complexity index is 1100. The molecule has 0 atom stereocenters. The maximum absolute atomic E-state index is 10.9. The van der Waals surface area contributed by atoms with Crippen molar-refractivity contribution in [2.24, 2.45) is 0 Å². The average Bonchev–Trinajstić information content (AvgIpc) is 2.64. The number of rotatable bonds is 5. The van der Waals surface area contributed by atoms with Crippen molar-refractivity contribution in [3.05, 3.63) is 73.8 Å². The highest BCUT2D eigenvalue weighted by molar-refractivity contribution is 14.1. The minimum absolute atomic E-state index is 0.395. The number of aliphatic carboxylic acids is 1. The van der Waals surface area contributed by atoms with E-state index in [2.05, 4.69) is 44.6 Å². The quantitative estimate of drug-likeness (QED) is 0.258. The molecule has 0 unspecified atom stereocenters. The standard InChI is InChI=1S/C21H13BrINO3/c22-19-10-18(23)9-16(21(19)27-12-20(25)26)8-17(11-24)15-6-5-13-3-1-2-4-14(13)7-15/h1-10H,12H2,(H,25,26)/b17-8-. The summed E-state index contributed by atoms with van der Waals surface area (Å²) in [4.78, 5) is 10.9. The number of hydrogen-bond donors (Lipinski definition) is 1. The van der Waals surface area contributed by atoms with E-state index in [0.29, 0.717) is 21.4 Å². The Labute approximate surface area is 178 Å². The van der Waals surface area contributed by atoms with Gasteiger partial charge >= 0.3 is 5.97 Å². The molecule has 0 saturated carbocycles. The molecule has 6 heteroatoms. The summed E-state index contributed by atoms with van der Waals surface area (Å²) in [7, 11) is 0. The second kappa shape index (κ2) is 8.55. The van der Waals surface area contributed by atoms with Crippen LogP contribution >= 0.6 is 38.5 Å². The second-order valence-corrected chi connectivity index (χ2v) is 7.82. The molecule has 0 spiro atoms. The Balaban J connectivity index is 2.09. The molecule has 0 heterocycles. The topological polar surface area (TPSA) is 70.3 Å². The molecule has 0 aliphatic carbocycles. The maximum atomic E-state index is 10.9. The lowest BCUT2D eigenvalue weighted by Crippen LogP contribution is -2.10. The van der Waals surface area contributed by atoms with E-state index in [1.54, 1.807) is 6.08 Å². The van der Waals surface area contributed by atoms with Crippen molar-refractivity contribution >= 4 is 66.9 Å². The third-order valence-electron chi connectivity index (χ3n) is 3.86. The zero-order valence-electron chi connectivity index (χ0n) is 13.9. The van der Waals surface area contributed by atoms with Crippen molar-refractivity contribution in [3.8, 4) is 11.8 Å². The van der Waals surface area contributed by atoms with Gasteiger partial charge in [0.05, 0.1) is 16.1 Å².